The number of thioether (sulfide) groups is 1. The number of carbonyl (C=O) groups excluding carboxylic acids is 1. The summed E-state index contributed by atoms with van der Waals surface area (Å²) in [4.78, 5) is 13.8. The van der Waals surface area contributed by atoms with Gasteiger partial charge in [-0.1, -0.05) is 24.3 Å². The van der Waals surface area contributed by atoms with Gasteiger partial charge in [0.2, 0.25) is 0 Å². The average Bonchev–Trinajstić information content (AvgIpc) is 2.61. The van der Waals surface area contributed by atoms with Gasteiger partial charge in [0.05, 0.1) is 18.7 Å². The van der Waals surface area contributed by atoms with Crippen LogP contribution in [0, 0.1) is 0 Å². The highest BCUT2D eigenvalue weighted by Gasteiger charge is 2.23. The lowest BCUT2D eigenvalue weighted by atomic mass is 9.87. The molecule has 2 aromatic rings. The van der Waals surface area contributed by atoms with E-state index in [1.165, 1.54) is 11.1 Å². The third kappa shape index (κ3) is 3.37. The van der Waals surface area contributed by atoms with Gasteiger partial charge in [0.1, 0.15) is 5.75 Å². The molecule has 0 radical (unpaired) electrons. The fourth-order valence-electron chi connectivity index (χ4n) is 3.13. The van der Waals surface area contributed by atoms with E-state index in [2.05, 4.69) is 23.5 Å². The summed E-state index contributed by atoms with van der Waals surface area (Å²) in [5.41, 5.74) is 3.17. The Morgan fingerprint density at radius 1 is 1.26 bits per heavy atom. The van der Waals surface area contributed by atoms with E-state index in [1.807, 2.05) is 30.5 Å². The number of benzene rings is 2. The Hall–Kier alpha value is -1.94. The minimum atomic E-state index is -0.0730. The summed E-state index contributed by atoms with van der Waals surface area (Å²) < 4.78 is 5.39. The van der Waals surface area contributed by atoms with E-state index in [0.717, 1.165) is 24.2 Å². The van der Waals surface area contributed by atoms with E-state index < -0.39 is 0 Å². The average molecular weight is 327 g/mol. The predicted molar refractivity (Wildman–Crippen MR) is 94.4 cm³/mol. The number of ether oxygens (including phenoxy) is 1. The van der Waals surface area contributed by atoms with Gasteiger partial charge >= 0.3 is 0 Å². The van der Waals surface area contributed by atoms with Crippen molar-refractivity contribution in [1.82, 2.24) is 5.32 Å². The smallest absolute Gasteiger partial charge is 0.255 e. The highest BCUT2D eigenvalue weighted by molar-refractivity contribution is 7.98. The molecule has 0 bridgehead atoms. The maximum atomic E-state index is 12.7. The van der Waals surface area contributed by atoms with Gasteiger partial charge in [-0.15, -0.1) is 11.8 Å². The minimum Gasteiger partial charge on any atom is -0.496 e. The standard InChI is InChI=1S/C19H21NO2S/c1-22-18-12-14(23-2)10-11-16(18)19(21)20-17-9-5-7-13-6-3-4-8-15(13)17/h3-4,6,8,10-12,17H,5,7,9H2,1-2H3,(H,20,21)/t17-/m1/s1. The fraction of sp³-hybridized carbons (Fsp3) is 0.316. The molecule has 0 unspecified atom stereocenters. The first-order valence-electron chi connectivity index (χ1n) is 7.83. The lowest BCUT2D eigenvalue weighted by Crippen LogP contribution is -2.31. The number of hydrogen-bond donors (Lipinski definition) is 1. The first-order valence-corrected chi connectivity index (χ1v) is 9.06. The summed E-state index contributed by atoms with van der Waals surface area (Å²) >= 11 is 1.63. The molecule has 4 heteroatoms. The molecule has 0 saturated heterocycles. The van der Waals surface area contributed by atoms with Crippen molar-refractivity contribution in [3.8, 4) is 5.75 Å². The first-order chi connectivity index (χ1) is 11.2. The second-order valence-corrected chi connectivity index (χ2v) is 6.56. The van der Waals surface area contributed by atoms with Gasteiger partial charge in [-0.25, -0.2) is 0 Å². The SMILES string of the molecule is COc1cc(SC)ccc1C(=O)N[C@@H]1CCCc2ccccc21. The molecule has 1 amide bonds. The Morgan fingerprint density at radius 3 is 2.87 bits per heavy atom. The Morgan fingerprint density at radius 2 is 2.09 bits per heavy atom. The summed E-state index contributed by atoms with van der Waals surface area (Å²) in [6.07, 6.45) is 5.18. The van der Waals surface area contributed by atoms with Crippen LogP contribution in [0.25, 0.3) is 0 Å². The summed E-state index contributed by atoms with van der Waals surface area (Å²) in [6, 6.07) is 14.2. The Bertz CT molecular complexity index is 714. The maximum absolute atomic E-state index is 12.7. The molecule has 3 rings (SSSR count). The number of rotatable bonds is 4. The van der Waals surface area contributed by atoms with Gasteiger partial charge in [-0.2, -0.15) is 0 Å². The van der Waals surface area contributed by atoms with Crippen molar-refractivity contribution in [1.29, 1.82) is 0 Å². The topological polar surface area (TPSA) is 38.3 Å². The van der Waals surface area contributed by atoms with Crippen molar-refractivity contribution in [2.45, 2.75) is 30.2 Å². The third-order valence-corrected chi connectivity index (χ3v) is 5.05. The van der Waals surface area contributed by atoms with Crippen molar-refractivity contribution in [2.24, 2.45) is 0 Å². The molecule has 1 aliphatic rings. The van der Waals surface area contributed by atoms with Crippen molar-refractivity contribution >= 4 is 17.7 Å². The van der Waals surface area contributed by atoms with Crippen molar-refractivity contribution in [2.75, 3.05) is 13.4 Å². The summed E-state index contributed by atoms with van der Waals surface area (Å²) in [5.74, 6) is 0.551. The quantitative estimate of drug-likeness (QED) is 0.854. The highest BCUT2D eigenvalue weighted by Crippen LogP contribution is 2.31. The first kappa shape index (κ1) is 15.9. The molecule has 1 N–H and O–H groups in total. The zero-order valence-corrected chi connectivity index (χ0v) is 14.3. The number of carbonyl (C=O) groups is 1. The van der Waals surface area contributed by atoms with Crippen LogP contribution in [0.5, 0.6) is 5.75 Å². The molecule has 3 nitrogen and oxygen atoms in total. The van der Waals surface area contributed by atoms with Gasteiger partial charge < -0.3 is 10.1 Å². The van der Waals surface area contributed by atoms with Crippen LogP contribution in [-0.4, -0.2) is 19.3 Å². The Kier molecular flexibility index (Phi) is 4.91. The molecule has 0 fully saturated rings. The lowest BCUT2D eigenvalue weighted by molar-refractivity contribution is 0.0929. The Labute approximate surface area is 141 Å². The second kappa shape index (κ2) is 7.09. The molecule has 1 aliphatic carbocycles. The van der Waals surface area contributed by atoms with Gasteiger partial charge in [-0.3, -0.25) is 4.79 Å². The van der Waals surface area contributed by atoms with Gasteiger partial charge in [0, 0.05) is 4.90 Å². The van der Waals surface area contributed by atoms with Crippen LogP contribution >= 0.6 is 11.8 Å². The molecule has 2 aromatic carbocycles. The summed E-state index contributed by atoms with van der Waals surface area (Å²) in [7, 11) is 1.60. The summed E-state index contributed by atoms with van der Waals surface area (Å²) in [6.45, 7) is 0. The van der Waals surface area contributed by atoms with E-state index in [4.69, 9.17) is 4.74 Å². The van der Waals surface area contributed by atoms with Crippen LogP contribution in [0.2, 0.25) is 0 Å². The van der Waals surface area contributed by atoms with Crippen LogP contribution < -0.4 is 10.1 Å². The van der Waals surface area contributed by atoms with Crippen LogP contribution in [0.3, 0.4) is 0 Å². The molecule has 0 aromatic heterocycles. The molecule has 1 atom stereocenters. The normalized spacial score (nSPS) is 16.5. The number of hydrogen-bond acceptors (Lipinski definition) is 3. The van der Waals surface area contributed by atoms with E-state index in [-0.39, 0.29) is 11.9 Å². The molecular formula is C19H21NO2S. The summed E-state index contributed by atoms with van der Waals surface area (Å²) in [5, 5.41) is 3.18. The maximum Gasteiger partial charge on any atom is 0.255 e. The van der Waals surface area contributed by atoms with Crippen LogP contribution in [-0.2, 0) is 6.42 Å². The van der Waals surface area contributed by atoms with Crippen molar-refractivity contribution in [3.63, 3.8) is 0 Å². The van der Waals surface area contributed by atoms with Crippen LogP contribution in [0.15, 0.2) is 47.4 Å². The monoisotopic (exact) mass is 327 g/mol. The Balaban J connectivity index is 1.83. The minimum absolute atomic E-state index is 0.0730. The zero-order chi connectivity index (χ0) is 16.2. The van der Waals surface area contributed by atoms with Crippen molar-refractivity contribution < 1.29 is 9.53 Å². The van der Waals surface area contributed by atoms with E-state index in [0.29, 0.717) is 11.3 Å². The van der Waals surface area contributed by atoms with Gasteiger partial charge in [0.15, 0.2) is 0 Å². The number of nitrogens with one attached hydrogen (secondary N) is 1. The molecular weight excluding hydrogens is 306 g/mol. The van der Waals surface area contributed by atoms with E-state index in [9.17, 15) is 4.79 Å². The van der Waals surface area contributed by atoms with Gasteiger partial charge in [-0.05, 0) is 54.8 Å². The molecule has 0 spiro atoms. The van der Waals surface area contributed by atoms with Crippen LogP contribution in [0.4, 0.5) is 0 Å². The molecule has 0 saturated carbocycles. The number of fused-ring (bicyclic) bond motifs is 1. The second-order valence-electron chi connectivity index (χ2n) is 5.68. The van der Waals surface area contributed by atoms with Crippen LogP contribution in [0.1, 0.15) is 40.4 Å². The van der Waals surface area contributed by atoms with E-state index in [1.54, 1.807) is 18.9 Å². The van der Waals surface area contributed by atoms with Gasteiger partial charge in [0.25, 0.3) is 5.91 Å². The fourth-order valence-corrected chi connectivity index (χ4v) is 3.55. The van der Waals surface area contributed by atoms with E-state index >= 15 is 0 Å². The number of aryl methyl sites for hydroxylation is 1. The molecule has 23 heavy (non-hydrogen) atoms. The highest BCUT2D eigenvalue weighted by atomic mass is 32.2. The lowest BCUT2D eigenvalue weighted by Gasteiger charge is -2.26. The zero-order valence-electron chi connectivity index (χ0n) is 13.5. The molecule has 0 heterocycles. The molecule has 120 valence electrons. The number of amides is 1. The number of methoxy groups -OCH3 is 1. The van der Waals surface area contributed by atoms with Crippen molar-refractivity contribution in [3.05, 3.63) is 59.2 Å². The third-order valence-electron chi connectivity index (χ3n) is 4.33. The predicted octanol–water partition coefficient (Wildman–Crippen LogP) is 4.22. The largest absolute Gasteiger partial charge is 0.496 e. The molecule has 0 aliphatic heterocycles.